The van der Waals surface area contributed by atoms with E-state index in [1.54, 1.807) is 0 Å². The van der Waals surface area contributed by atoms with Crippen molar-refractivity contribution in [2.45, 2.75) is 0 Å². The Hall–Kier alpha value is -3.89. The summed E-state index contributed by atoms with van der Waals surface area (Å²) in [5, 5.41) is 4.87. The van der Waals surface area contributed by atoms with Crippen LogP contribution in [0, 0.1) is 0 Å². The largest absolute Gasteiger partial charge is 0.208 e. The topological polar surface area (TPSA) is 38.7 Å². The van der Waals surface area contributed by atoms with E-state index in [0.717, 1.165) is 26.5 Å². The van der Waals surface area contributed by atoms with Gasteiger partial charge in [0.15, 0.2) is 17.5 Å². The molecule has 5 aromatic carbocycles. The van der Waals surface area contributed by atoms with Crippen LogP contribution in [0.2, 0.25) is 0 Å². The number of hydrogen-bond acceptors (Lipinski definition) is 3. The average molecular weight is 488 g/mol. The van der Waals surface area contributed by atoms with Gasteiger partial charge in [-0.2, -0.15) is 0 Å². The van der Waals surface area contributed by atoms with Crippen LogP contribution in [0.4, 0.5) is 0 Å². The highest BCUT2D eigenvalue weighted by Crippen LogP contribution is 2.30. The SMILES string of the molecule is Brc1ccc(-c2nc(-c3ccccc3)nc(-c3ccc4c(ccc5ccccc54)c3)n2)cc1. The molecular weight excluding hydrogens is 470 g/mol. The van der Waals surface area contributed by atoms with Crippen molar-refractivity contribution in [3.05, 3.63) is 114 Å². The van der Waals surface area contributed by atoms with Gasteiger partial charge in [-0.25, -0.2) is 15.0 Å². The van der Waals surface area contributed by atoms with Gasteiger partial charge in [0.1, 0.15) is 0 Å². The second-order valence-electron chi connectivity index (χ2n) is 7.90. The molecule has 0 saturated carbocycles. The second kappa shape index (κ2) is 8.23. The van der Waals surface area contributed by atoms with E-state index >= 15 is 0 Å². The Morgan fingerprint density at radius 1 is 0.424 bits per heavy atom. The lowest BCUT2D eigenvalue weighted by Crippen LogP contribution is -2.00. The summed E-state index contributed by atoms with van der Waals surface area (Å²) in [4.78, 5) is 14.5. The molecule has 6 aromatic rings. The van der Waals surface area contributed by atoms with Gasteiger partial charge in [0.25, 0.3) is 0 Å². The predicted molar refractivity (Wildman–Crippen MR) is 139 cm³/mol. The van der Waals surface area contributed by atoms with Crippen molar-refractivity contribution in [3.8, 4) is 34.2 Å². The van der Waals surface area contributed by atoms with E-state index in [4.69, 9.17) is 15.0 Å². The first-order valence-corrected chi connectivity index (χ1v) is 11.5. The molecule has 0 amide bonds. The van der Waals surface area contributed by atoms with E-state index in [2.05, 4.69) is 70.5 Å². The van der Waals surface area contributed by atoms with E-state index < -0.39 is 0 Å². The summed E-state index contributed by atoms with van der Waals surface area (Å²) in [5.41, 5.74) is 2.88. The van der Waals surface area contributed by atoms with Crippen molar-refractivity contribution in [2.24, 2.45) is 0 Å². The van der Waals surface area contributed by atoms with Crippen LogP contribution < -0.4 is 0 Å². The summed E-state index contributed by atoms with van der Waals surface area (Å²) >= 11 is 3.51. The van der Waals surface area contributed by atoms with Gasteiger partial charge in [-0.05, 0) is 39.7 Å². The van der Waals surface area contributed by atoms with Gasteiger partial charge in [0, 0.05) is 21.2 Å². The van der Waals surface area contributed by atoms with Crippen molar-refractivity contribution < 1.29 is 0 Å². The summed E-state index contributed by atoms with van der Waals surface area (Å²) in [5.74, 6) is 1.99. The smallest absolute Gasteiger partial charge is 0.164 e. The molecule has 0 N–H and O–H groups in total. The van der Waals surface area contributed by atoms with Crippen LogP contribution in [-0.4, -0.2) is 15.0 Å². The molecule has 0 aliphatic carbocycles. The number of fused-ring (bicyclic) bond motifs is 3. The molecule has 0 aliphatic heterocycles. The molecule has 0 aliphatic rings. The van der Waals surface area contributed by atoms with E-state index in [1.165, 1.54) is 16.2 Å². The molecule has 6 rings (SSSR count). The minimum atomic E-state index is 0.657. The van der Waals surface area contributed by atoms with Crippen LogP contribution in [0.25, 0.3) is 55.7 Å². The lowest BCUT2D eigenvalue weighted by atomic mass is 10.00. The minimum Gasteiger partial charge on any atom is -0.208 e. The third kappa shape index (κ3) is 3.79. The third-order valence-electron chi connectivity index (χ3n) is 5.77. The second-order valence-corrected chi connectivity index (χ2v) is 8.82. The van der Waals surface area contributed by atoms with Crippen molar-refractivity contribution >= 4 is 37.5 Å². The Morgan fingerprint density at radius 3 is 1.73 bits per heavy atom. The van der Waals surface area contributed by atoms with Gasteiger partial charge in [0.2, 0.25) is 0 Å². The van der Waals surface area contributed by atoms with Gasteiger partial charge in [-0.3, -0.25) is 0 Å². The normalized spacial score (nSPS) is 11.2. The third-order valence-corrected chi connectivity index (χ3v) is 6.30. The van der Waals surface area contributed by atoms with E-state index in [1.807, 2.05) is 54.6 Å². The Labute approximate surface area is 199 Å². The molecule has 0 fully saturated rings. The summed E-state index contributed by atoms with van der Waals surface area (Å²) in [7, 11) is 0. The average Bonchev–Trinajstić information content (AvgIpc) is 2.89. The maximum absolute atomic E-state index is 4.86. The molecule has 3 nitrogen and oxygen atoms in total. The molecule has 0 unspecified atom stereocenters. The molecule has 0 spiro atoms. The quantitative estimate of drug-likeness (QED) is 0.237. The standard InChI is InChI=1S/C29H18BrN3/c30-24-15-12-21(13-16-24)28-31-27(20-7-2-1-3-8-20)32-29(33-28)23-14-17-26-22(18-23)11-10-19-6-4-5-9-25(19)26/h1-18H. The van der Waals surface area contributed by atoms with Gasteiger partial charge >= 0.3 is 0 Å². The summed E-state index contributed by atoms with van der Waals surface area (Å²) in [6, 6.07) is 37.3. The Morgan fingerprint density at radius 2 is 0.970 bits per heavy atom. The molecule has 1 heterocycles. The molecule has 33 heavy (non-hydrogen) atoms. The Kier molecular flexibility index (Phi) is 4.93. The lowest BCUT2D eigenvalue weighted by Gasteiger charge is -2.10. The minimum absolute atomic E-state index is 0.657. The fourth-order valence-corrected chi connectivity index (χ4v) is 4.37. The van der Waals surface area contributed by atoms with Crippen LogP contribution in [0.1, 0.15) is 0 Å². The highest BCUT2D eigenvalue weighted by atomic mass is 79.9. The van der Waals surface area contributed by atoms with Crippen LogP contribution in [0.3, 0.4) is 0 Å². The molecule has 0 atom stereocenters. The van der Waals surface area contributed by atoms with E-state index in [0.29, 0.717) is 17.5 Å². The van der Waals surface area contributed by atoms with Crippen molar-refractivity contribution in [2.75, 3.05) is 0 Å². The van der Waals surface area contributed by atoms with Crippen molar-refractivity contribution in [3.63, 3.8) is 0 Å². The number of aromatic nitrogens is 3. The highest BCUT2D eigenvalue weighted by molar-refractivity contribution is 9.10. The monoisotopic (exact) mass is 487 g/mol. The van der Waals surface area contributed by atoms with Crippen molar-refractivity contribution in [1.82, 2.24) is 15.0 Å². The fraction of sp³-hybridized carbons (Fsp3) is 0. The summed E-state index contributed by atoms with van der Waals surface area (Å²) in [6.07, 6.45) is 0. The van der Waals surface area contributed by atoms with Crippen LogP contribution in [0.5, 0.6) is 0 Å². The number of hydrogen-bond donors (Lipinski definition) is 0. The van der Waals surface area contributed by atoms with Gasteiger partial charge < -0.3 is 0 Å². The predicted octanol–water partition coefficient (Wildman–Crippen LogP) is 7.94. The first-order chi connectivity index (χ1) is 16.2. The first kappa shape index (κ1) is 19.8. The lowest BCUT2D eigenvalue weighted by molar-refractivity contribution is 1.07. The summed E-state index contributed by atoms with van der Waals surface area (Å²) < 4.78 is 1.02. The van der Waals surface area contributed by atoms with Gasteiger partial charge in [0.05, 0.1) is 0 Å². The zero-order valence-electron chi connectivity index (χ0n) is 17.6. The molecule has 0 radical (unpaired) electrons. The fourth-order valence-electron chi connectivity index (χ4n) is 4.10. The summed E-state index contributed by atoms with van der Waals surface area (Å²) in [6.45, 7) is 0. The first-order valence-electron chi connectivity index (χ1n) is 10.7. The molecule has 1 aromatic heterocycles. The highest BCUT2D eigenvalue weighted by Gasteiger charge is 2.13. The molecular formula is C29H18BrN3. The molecule has 0 saturated heterocycles. The Bertz CT molecular complexity index is 1610. The zero-order valence-corrected chi connectivity index (χ0v) is 19.2. The zero-order chi connectivity index (χ0) is 22.2. The molecule has 0 bridgehead atoms. The number of nitrogens with zero attached hydrogens (tertiary/aromatic N) is 3. The number of halogens is 1. The molecule has 4 heteroatoms. The maximum Gasteiger partial charge on any atom is 0.164 e. The Balaban J connectivity index is 1.55. The van der Waals surface area contributed by atoms with Gasteiger partial charge in [-0.1, -0.05) is 107 Å². The van der Waals surface area contributed by atoms with E-state index in [9.17, 15) is 0 Å². The van der Waals surface area contributed by atoms with Crippen LogP contribution in [0.15, 0.2) is 114 Å². The van der Waals surface area contributed by atoms with Crippen molar-refractivity contribution in [1.29, 1.82) is 0 Å². The maximum atomic E-state index is 4.86. The molecule has 156 valence electrons. The van der Waals surface area contributed by atoms with Gasteiger partial charge in [-0.15, -0.1) is 0 Å². The number of benzene rings is 5. The van der Waals surface area contributed by atoms with Crippen LogP contribution >= 0.6 is 15.9 Å². The number of rotatable bonds is 3. The van der Waals surface area contributed by atoms with E-state index in [-0.39, 0.29) is 0 Å². The van der Waals surface area contributed by atoms with Crippen LogP contribution in [-0.2, 0) is 0 Å².